The second kappa shape index (κ2) is 12.1. The van der Waals surface area contributed by atoms with Crippen LogP contribution in [0.1, 0.15) is 32.8 Å². The normalized spacial score (nSPS) is 13.1. The number of nitrogens with one attached hydrogen (secondary N) is 1. The fraction of sp³-hybridized carbons (Fsp3) is 0.391. The van der Waals surface area contributed by atoms with Crippen molar-refractivity contribution in [3.05, 3.63) is 63.1 Å². The van der Waals surface area contributed by atoms with Gasteiger partial charge >= 0.3 is 0 Å². The van der Waals surface area contributed by atoms with E-state index in [9.17, 15) is 18.0 Å². The number of anilines is 1. The second-order valence-corrected chi connectivity index (χ2v) is 11.1. The quantitative estimate of drug-likeness (QED) is 0.464. The predicted molar refractivity (Wildman–Crippen MR) is 138 cm³/mol. The van der Waals surface area contributed by atoms with E-state index >= 15 is 0 Å². The molecule has 0 heterocycles. The number of para-hydroxylation sites is 1. The summed E-state index contributed by atoms with van der Waals surface area (Å²) in [5, 5.41) is 3.79. The predicted octanol–water partition coefficient (Wildman–Crippen LogP) is 4.74. The lowest BCUT2D eigenvalue weighted by atomic mass is 10.1. The fourth-order valence-corrected chi connectivity index (χ4v) is 4.75. The number of hydrogen-bond donors (Lipinski definition) is 1. The summed E-state index contributed by atoms with van der Waals surface area (Å²) in [4.78, 5) is 27.7. The molecule has 7 nitrogen and oxygen atoms in total. The van der Waals surface area contributed by atoms with E-state index < -0.39 is 28.5 Å². The van der Waals surface area contributed by atoms with Crippen molar-refractivity contribution in [2.45, 2.75) is 45.8 Å². The molecule has 11 heteroatoms. The van der Waals surface area contributed by atoms with E-state index in [0.29, 0.717) is 22.0 Å². The van der Waals surface area contributed by atoms with Crippen LogP contribution in [0.15, 0.2) is 42.5 Å². The van der Waals surface area contributed by atoms with Crippen molar-refractivity contribution in [3.8, 4) is 0 Å². The Morgan fingerprint density at radius 1 is 1.03 bits per heavy atom. The summed E-state index contributed by atoms with van der Waals surface area (Å²) in [5.74, 6) is -0.959. The molecular weight excluding hydrogens is 521 g/mol. The van der Waals surface area contributed by atoms with Crippen LogP contribution < -0.4 is 9.62 Å². The lowest BCUT2D eigenvalue weighted by molar-refractivity contribution is -0.139. The van der Waals surface area contributed by atoms with Gasteiger partial charge in [0.2, 0.25) is 21.8 Å². The average Bonchev–Trinajstić information content (AvgIpc) is 2.76. The molecule has 0 radical (unpaired) electrons. The maximum Gasteiger partial charge on any atom is 0.244 e. The molecule has 0 aliphatic rings. The number of rotatable bonds is 10. The van der Waals surface area contributed by atoms with Gasteiger partial charge in [0.05, 0.1) is 17.0 Å². The molecule has 2 aromatic rings. The van der Waals surface area contributed by atoms with E-state index in [0.717, 1.165) is 10.6 Å². The summed E-state index contributed by atoms with van der Waals surface area (Å²) in [6.45, 7) is 4.80. The molecule has 0 aromatic heterocycles. The van der Waals surface area contributed by atoms with E-state index in [2.05, 4.69) is 5.32 Å². The summed E-state index contributed by atoms with van der Waals surface area (Å²) in [6, 6.07) is 10.2. The Bertz CT molecular complexity index is 1140. The van der Waals surface area contributed by atoms with Crippen LogP contribution in [0.3, 0.4) is 0 Å². The Balaban J connectivity index is 2.43. The zero-order valence-electron chi connectivity index (χ0n) is 19.4. The molecule has 2 rings (SSSR count). The monoisotopic (exact) mass is 547 g/mol. The SMILES string of the molecule is CC[C@H](C)NC(=O)[C@@H](C)N(Cc1ccc(Cl)cc1Cl)C(=O)CN(c1ccccc1Cl)S(C)(=O)=O. The van der Waals surface area contributed by atoms with Gasteiger partial charge in [0, 0.05) is 22.6 Å². The molecular formula is C23H28Cl3N3O4S. The van der Waals surface area contributed by atoms with Crippen LogP contribution in [0.5, 0.6) is 0 Å². The number of halogens is 3. The Labute approximate surface area is 216 Å². The second-order valence-electron chi connectivity index (χ2n) is 7.97. The van der Waals surface area contributed by atoms with Crippen molar-refractivity contribution in [3.63, 3.8) is 0 Å². The molecule has 2 amide bonds. The topological polar surface area (TPSA) is 86.8 Å². The minimum atomic E-state index is -3.87. The minimum absolute atomic E-state index is 0.0238. The number of nitrogens with zero attached hydrogens (tertiary/aromatic N) is 2. The van der Waals surface area contributed by atoms with Gasteiger partial charge in [-0.15, -0.1) is 0 Å². The van der Waals surface area contributed by atoms with E-state index in [1.807, 2.05) is 13.8 Å². The molecule has 0 spiro atoms. The highest BCUT2D eigenvalue weighted by atomic mass is 35.5. The Hall–Kier alpha value is -2.00. The van der Waals surface area contributed by atoms with E-state index in [1.165, 1.54) is 23.1 Å². The standard InChI is InChI=1S/C23H28Cl3N3O4S/c1-5-15(2)27-23(31)16(3)28(13-17-10-11-18(24)12-20(17)26)22(30)14-29(34(4,32)33)21-9-7-6-8-19(21)25/h6-12,15-16H,5,13-14H2,1-4H3,(H,27,31)/t15-,16+/m0/s1. The van der Waals surface area contributed by atoms with Crippen LogP contribution in [0.2, 0.25) is 15.1 Å². The van der Waals surface area contributed by atoms with E-state index in [-0.39, 0.29) is 29.2 Å². The van der Waals surface area contributed by atoms with Gasteiger partial charge < -0.3 is 10.2 Å². The third-order valence-corrected chi connectivity index (χ3v) is 7.36. The first-order valence-corrected chi connectivity index (χ1v) is 13.6. The maximum absolute atomic E-state index is 13.5. The molecule has 0 bridgehead atoms. The van der Waals surface area contributed by atoms with Crippen molar-refractivity contribution in [1.82, 2.24) is 10.2 Å². The zero-order valence-corrected chi connectivity index (χ0v) is 22.5. The average molecular weight is 549 g/mol. The molecule has 0 aliphatic carbocycles. The first-order chi connectivity index (χ1) is 15.8. The Kier molecular flexibility index (Phi) is 10.1. The molecule has 2 aromatic carbocycles. The molecule has 2 atom stereocenters. The molecule has 0 aliphatic heterocycles. The first kappa shape index (κ1) is 28.2. The minimum Gasteiger partial charge on any atom is -0.352 e. The van der Waals surface area contributed by atoms with Crippen molar-refractivity contribution < 1.29 is 18.0 Å². The van der Waals surface area contributed by atoms with Crippen LogP contribution in [-0.4, -0.2) is 50.0 Å². The smallest absolute Gasteiger partial charge is 0.244 e. The summed E-state index contributed by atoms with van der Waals surface area (Å²) in [5.41, 5.74) is 0.729. The highest BCUT2D eigenvalue weighted by molar-refractivity contribution is 7.92. The highest BCUT2D eigenvalue weighted by Crippen LogP contribution is 2.28. The van der Waals surface area contributed by atoms with Gasteiger partial charge in [0.1, 0.15) is 12.6 Å². The van der Waals surface area contributed by atoms with Gasteiger partial charge in [0.25, 0.3) is 0 Å². The van der Waals surface area contributed by atoms with Crippen molar-refractivity contribution >= 4 is 62.3 Å². The zero-order chi connectivity index (χ0) is 25.6. The van der Waals surface area contributed by atoms with Crippen LogP contribution in [-0.2, 0) is 26.2 Å². The fourth-order valence-electron chi connectivity index (χ4n) is 3.13. The van der Waals surface area contributed by atoms with Gasteiger partial charge in [-0.25, -0.2) is 8.42 Å². The third kappa shape index (κ3) is 7.50. The molecule has 1 N–H and O–H groups in total. The molecule has 0 saturated heterocycles. The lowest BCUT2D eigenvalue weighted by Crippen LogP contribution is -2.52. The Morgan fingerprint density at radius 2 is 1.68 bits per heavy atom. The first-order valence-electron chi connectivity index (χ1n) is 10.6. The maximum atomic E-state index is 13.5. The van der Waals surface area contributed by atoms with Gasteiger partial charge in [-0.1, -0.05) is 59.9 Å². The number of carbonyl (C=O) groups is 2. The Morgan fingerprint density at radius 3 is 2.24 bits per heavy atom. The van der Waals surface area contributed by atoms with Gasteiger partial charge in [-0.3, -0.25) is 13.9 Å². The van der Waals surface area contributed by atoms with Gasteiger partial charge in [-0.05, 0) is 50.1 Å². The van der Waals surface area contributed by atoms with E-state index in [1.54, 1.807) is 31.2 Å². The molecule has 0 fully saturated rings. The number of amides is 2. The molecule has 0 saturated carbocycles. The van der Waals surface area contributed by atoms with Crippen LogP contribution in [0, 0.1) is 0 Å². The molecule has 34 heavy (non-hydrogen) atoms. The van der Waals surface area contributed by atoms with Crippen LogP contribution >= 0.6 is 34.8 Å². The molecule has 186 valence electrons. The summed E-state index contributed by atoms with van der Waals surface area (Å²) < 4.78 is 26.0. The number of benzene rings is 2. The lowest BCUT2D eigenvalue weighted by Gasteiger charge is -2.32. The van der Waals surface area contributed by atoms with Crippen molar-refractivity contribution in [2.24, 2.45) is 0 Å². The highest BCUT2D eigenvalue weighted by Gasteiger charge is 2.31. The number of hydrogen-bond acceptors (Lipinski definition) is 4. The summed E-state index contributed by atoms with van der Waals surface area (Å²) in [7, 11) is -3.87. The molecule has 0 unspecified atom stereocenters. The third-order valence-electron chi connectivity index (χ3n) is 5.32. The van der Waals surface area contributed by atoms with Crippen LogP contribution in [0.4, 0.5) is 5.69 Å². The number of sulfonamides is 1. The van der Waals surface area contributed by atoms with Crippen molar-refractivity contribution in [2.75, 3.05) is 17.1 Å². The van der Waals surface area contributed by atoms with Crippen LogP contribution in [0.25, 0.3) is 0 Å². The van der Waals surface area contributed by atoms with Crippen molar-refractivity contribution in [1.29, 1.82) is 0 Å². The largest absolute Gasteiger partial charge is 0.352 e. The number of carbonyl (C=O) groups excluding carboxylic acids is 2. The van der Waals surface area contributed by atoms with E-state index in [4.69, 9.17) is 34.8 Å². The van der Waals surface area contributed by atoms with Gasteiger partial charge in [0.15, 0.2) is 0 Å². The van der Waals surface area contributed by atoms with Gasteiger partial charge in [-0.2, -0.15) is 0 Å². The summed E-state index contributed by atoms with van der Waals surface area (Å²) in [6.07, 6.45) is 1.70. The summed E-state index contributed by atoms with van der Waals surface area (Å²) >= 11 is 18.5.